The second-order valence-electron chi connectivity index (χ2n) is 14.5. The molecule has 0 spiro atoms. The van der Waals surface area contributed by atoms with E-state index in [9.17, 15) is 20.1 Å². The van der Waals surface area contributed by atoms with Crippen LogP contribution in [0.4, 0.5) is 0 Å². The van der Waals surface area contributed by atoms with Gasteiger partial charge in [0.2, 0.25) is 5.91 Å². The molecule has 0 bridgehead atoms. The Bertz CT molecular complexity index is 764. The highest BCUT2D eigenvalue weighted by atomic mass is 16.3. The fraction of sp³-hybridized carbons (Fsp3) is 0.841. The van der Waals surface area contributed by atoms with Gasteiger partial charge in [-0.2, -0.15) is 0 Å². The van der Waals surface area contributed by atoms with Gasteiger partial charge in [-0.1, -0.05) is 192 Å². The van der Waals surface area contributed by atoms with Gasteiger partial charge in [-0.3, -0.25) is 4.79 Å². The van der Waals surface area contributed by atoms with Crippen molar-refractivity contribution in [1.29, 1.82) is 0 Å². The maximum atomic E-state index is 12.4. The van der Waals surface area contributed by atoms with E-state index in [1.807, 2.05) is 6.08 Å². The first-order valence-corrected chi connectivity index (χ1v) is 21.3. The summed E-state index contributed by atoms with van der Waals surface area (Å²) in [5.74, 6) is -0.522. The smallest absolute Gasteiger partial charge is 0.249 e. The number of allylic oxidation sites excluding steroid dienone is 5. The fourth-order valence-corrected chi connectivity index (χ4v) is 6.31. The molecule has 3 unspecified atom stereocenters. The average Bonchev–Trinajstić information content (AvgIpc) is 3.11. The van der Waals surface area contributed by atoms with E-state index in [0.717, 1.165) is 51.4 Å². The highest BCUT2D eigenvalue weighted by molar-refractivity contribution is 5.80. The minimum Gasteiger partial charge on any atom is -0.394 e. The van der Waals surface area contributed by atoms with Crippen molar-refractivity contribution in [2.45, 2.75) is 231 Å². The first kappa shape index (κ1) is 47.6. The van der Waals surface area contributed by atoms with Crippen molar-refractivity contribution in [2.24, 2.45) is 0 Å². The van der Waals surface area contributed by atoms with Crippen molar-refractivity contribution in [3.8, 4) is 0 Å². The first-order valence-electron chi connectivity index (χ1n) is 21.3. The number of aliphatic hydroxyl groups is 3. The van der Waals surface area contributed by atoms with Crippen molar-refractivity contribution in [3.63, 3.8) is 0 Å². The molecule has 0 saturated carbocycles. The molecular weight excluding hydrogens is 606 g/mol. The Hall–Kier alpha value is -1.43. The molecule has 0 aromatic rings. The topological polar surface area (TPSA) is 89.8 Å². The maximum Gasteiger partial charge on any atom is 0.249 e. The van der Waals surface area contributed by atoms with E-state index >= 15 is 0 Å². The highest BCUT2D eigenvalue weighted by Gasteiger charge is 2.22. The van der Waals surface area contributed by atoms with Gasteiger partial charge in [-0.05, 0) is 57.8 Å². The molecule has 3 atom stereocenters. The molecule has 0 saturated heterocycles. The van der Waals surface area contributed by atoms with Gasteiger partial charge in [0.1, 0.15) is 6.10 Å². The number of hydrogen-bond donors (Lipinski definition) is 4. The lowest BCUT2D eigenvalue weighted by atomic mass is 10.0. The van der Waals surface area contributed by atoms with Crippen molar-refractivity contribution >= 4 is 5.91 Å². The third kappa shape index (κ3) is 34.8. The number of aliphatic hydroxyl groups excluding tert-OH is 3. The summed E-state index contributed by atoms with van der Waals surface area (Å²) in [5.41, 5.74) is 0. The van der Waals surface area contributed by atoms with E-state index < -0.39 is 24.2 Å². The van der Waals surface area contributed by atoms with Crippen molar-refractivity contribution in [3.05, 3.63) is 36.5 Å². The molecule has 0 aromatic heterocycles. The van der Waals surface area contributed by atoms with E-state index in [4.69, 9.17) is 0 Å². The molecule has 5 nitrogen and oxygen atoms in total. The van der Waals surface area contributed by atoms with Gasteiger partial charge < -0.3 is 20.6 Å². The third-order valence-electron chi connectivity index (χ3n) is 9.70. The van der Waals surface area contributed by atoms with Gasteiger partial charge in [0.05, 0.1) is 18.8 Å². The van der Waals surface area contributed by atoms with Gasteiger partial charge in [0, 0.05) is 0 Å². The maximum absolute atomic E-state index is 12.4. The monoisotopic (exact) mass is 690 g/mol. The second-order valence-corrected chi connectivity index (χ2v) is 14.5. The van der Waals surface area contributed by atoms with E-state index in [1.54, 1.807) is 6.08 Å². The van der Waals surface area contributed by atoms with Gasteiger partial charge in [-0.25, -0.2) is 0 Å². The van der Waals surface area contributed by atoms with Crippen LogP contribution in [0.25, 0.3) is 0 Å². The summed E-state index contributed by atoms with van der Waals surface area (Å²) in [7, 11) is 0. The van der Waals surface area contributed by atoms with Crippen LogP contribution in [0.2, 0.25) is 0 Å². The molecule has 0 aliphatic rings. The van der Waals surface area contributed by atoms with Crippen LogP contribution in [-0.2, 0) is 4.79 Å². The number of amides is 1. The average molecular weight is 690 g/mol. The van der Waals surface area contributed by atoms with Crippen LogP contribution in [0.1, 0.15) is 213 Å². The summed E-state index contributed by atoms with van der Waals surface area (Å²) in [4.78, 5) is 12.4. The Labute approximate surface area is 304 Å². The molecule has 288 valence electrons. The zero-order valence-electron chi connectivity index (χ0n) is 32.6. The largest absolute Gasteiger partial charge is 0.394 e. The standard InChI is InChI=1S/C44H83NO4/c1-3-5-7-9-11-13-15-17-19-21-23-24-26-28-30-32-34-36-38-42(47)41(40-46)45-44(49)43(48)39-37-35-33-31-29-27-25-22-20-18-16-14-12-10-8-6-4-2/h25,27-28,30,36,38,41-43,46-48H,3-24,26,29,31-35,37,39-40H2,1-2H3,(H,45,49)/b27-25-,30-28+,38-36+. The van der Waals surface area contributed by atoms with Crippen molar-refractivity contribution in [2.75, 3.05) is 6.61 Å². The Morgan fingerprint density at radius 3 is 1.24 bits per heavy atom. The zero-order chi connectivity index (χ0) is 35.9. The van der Waals surface area contributed by atoms with Gasteiger partial charge in [-0.15, -0.1) is 0 Å². The van der Waals surface area contributed by atoms with E-state index in [1.165, 1.54) is 141 Å². The fourth-order valence-electron chi connectivity index (χ4n) is 6.31. The van der Waals surface area contributed by atoms with Gasteiger partial charge in [0.25, 0.3) is 0 Å². The number of carbonyl (C=O) groups excluding carboxylic acids is 1. The predicted molar refractivity (Wildman–Crippen MR) is 213 cm³/mol. The van der Waals surface area contributed by atoms with Crippen molar-refractivity contribution < 1.29 is 20.1 Å². The summed E-state index contributed by atoms with van der Waals surface area (Å²) < 4.78 is 0. The molecule has 0 heterocycles. The molecule has 0 radical (unpaired) electrons. The minimum absolute atomic E-state index is 0.379. The minimum atomic E-state index is -1.11. The molecule has 0 rings (SSSR count). The molecule has 4 N–H and O–H groups in total. The molecule has 0 aliphatic carbocycles. The second kappa shape index (κ2) is 39.4. The lowest BCUT2D eigenvalue weighted by Crippen LogP contribution is -2.48. The molecule has 0 aromatic carbocycles. The number of unbranched alkanes of at least 4 members (excludes halogenated alkanes) is 26. The molecule has 5 heteroatoms. The van der Waals surface area contributed by atoms with Gasteiger partial charge in [0.15, 0.2) is 0 Å². The Morgan fingerprint density at radius 2 is 0.837 bits per heavy atom. The van der Waals surface area contributed by atoms with Crippen LogP contribution >= 0.6 is 0 Å². The summed E-state index contributed by atoms with van der Waals surface area (Å²) in [5, 5.41) is 33.1. The molecule has 0 fully saturated rings. The van der Waals surface area contributed by atoms with Crippen LogP contribution in [0, 0.1) is 0 Å². The van der Waals surface area contributed by atoms with Gasteiger partial charge >= 0.3 is 0 Å². The first-order chi connectivity index (χ1) is 24.1. The van der Waals surface area contributed by atoms with Crippen LogP contribution in [-0.4, -0.2) is 46.1 Å². The molecule has 49 heavy (non-hydrogen) atoms. The number of hydrogen-bond acceptors (Lipinski definition) is 4. The third-order valence-corrected chi connectivity index (χ3v) is 9.70. The van der Waals surface area contributed by atoms with E-state index in [-0.39, 0.29) is 6.61 Å². The quantitative estimate of drug-likeness (QED) is 0.0384. The molecule has 1 amide bonds. The zero-order valence-corrected chi connectivity index (χ0v) is 32.6. The van der Waals surface area contributed by atoms with Crippen LogP contribution in [0.3, 0.4) is 0 Å². The Balaban J connectivity index is 3.76. The number of carbonyl (C=O) groups is 1. The SMILES string of the molecule is CCCCCCCCCCC/C=C\CCCCCCC(O)C(=O)NC(CO)C(O)/C=C/CC/C=C/CCCCCCCCCCCCCC. The van der Waals surface area contributed by atoms with E-state index in [2.05, 4.69) is 43.5 Å². The number of nitrogens with one attached hydrogen (secondary N) is 1. The summed E-state index contributed by atoms with van der Waals surface area (Å²) >= 11 is 0. The summed E-state index contributed by atoms with van der Waals surface area (Å²) in [6.07, 6.45) is 48.8. The Kier molecular flexibility index (Phi) is 38.2. The summed E-state index contributed by atoms with van der Waals surface area (Å²) in [6, 6.07) is -0.818. The Morgan fingerprint density at radius 1 is 0.490 bits per heavy atom. The van der Waals surface area contributed by atoms with Crippen LogP contribution in [0.15, 0.2) is 36.5 Å². The summed E-state index contributed by atoms with van der Waals surface area (Å²) in [6.45, 7) is 4.16. The predicted octanol–water partition coefficient (Wildman–Crippen LogP) is 12.0. The number of rotatable bonds is 38. The lowest BCUT2D eigenvalue weighted by molar-refractivity contribution is -0.131. The molecule has 0 aliphatic heterocycles. The van der Waals surface area contributed by atoms with E-state index in [0.29, 0.717) is 6.42 Å². The molecular formula is C44H83NO4. The van der Waals surface area contributed by atoms with Crippen molar-refractivity contribution in [1.82, 2.24) is 5.32 Å². The van der Waals surface area contributed by atoms with Crippen LogP contribution < -0.4 is 5.32 Å². The highest BCUT2D eigenvalue weighted by Crippen LogP contribution is 2.14. The van der Waals surface area contributed by atoms with Crippen LogP contribution in [0.5, 0.6) is 0 Å². The normalized spacial score (nSPS) is 14.0. The lowest BCUT2D eigenvalue weighted by Gasteiger charge is -2.21.